The average Bonchev–Trinajstić information content (AvgIpc) is 2.48. The molecule has 0 bridgehead atoms. The molecule has 0 aliphatic rings. The second-order valence-electron chi connectivity index (χ2n) is 5.25. The maximum Gasteiger partial charge on any atom is 0.303 e. The fraction of sp³-hybridized carbons (Fsp3) is 0.643. The van der Waals surface area contributed by atoms with Crippen molar-refractivity contribution in [2.45, 2.75) is 51.1 Å². The molecule has 24 heavy (non-hydrogen) atoms. The molecule has 4 N–H and O–H groups in total. The minimum absolute atomic E-state index is 0.616. The molecule has 0 radical (unpaired) electrons. The summed E-state index contributed by atoms with van der Waals surface area (Å²) in [6.45, 7) is 1.60. The zero-order valence-corrected chi connectivity index (χ0v) is 13.6. The van der Waals surface area contributed by atoms with Gasteiger partial charge in [-0.05, 0) is 13.8 Å². The Morgan fingerprint density at radius 1 is 0.958 bits per heavy atom. The molecule has 0 unspecified atom stereocenters. The van der Waals surface area contributed by atoms with E-state index in [0.717, 1.165) is 6.92 Å². The van der Waals surface area contributed by atoms with Gasteiger partial charge in [0, 0.05) is 13.8 Å². The summed E-state index contributed by atoms with van der Waals surface area (Å²) < 4.78 is 4.56. The monoisotopic (exact) mass is 348 g/mol. The van der Waals surface area contributed by atoms with Crippen molar-refractivity contribution in [3.05, 3.63) is 0 Å². The molecular weight excluding hydrogens is 328 g/mol. The van der Waals surface area contributed by atoms with Gasteiger partial charge in [-0.2, -0.15) is 0 Å². The molecular formula is C14H20O10. The third kappa shape index (κ3) is 3.56. The molecule has 0 amide bonds. The SMILES string of the molecule is CC(=O)O[C@@H]([C@H](O)CO)[C@@](O)(C(C)=O)[C@](O)(C(C)=O)C(=O)C(C)=O. The number of ether oxygens (including phenoxy) is 1. The maximum atomic E-state index is 12.0. The van der Waals surface area contributed by atoms with Crippen molar-refractivity contribution < 1.29 is 49.1 Å². The number of carbonyl (C=O) groups is 5. The Morgan fingerprint density at radius 3 is 1.67 bits per heavy atom. The van der Waals surface area contributed by atoms with Gasteiger partial charge in [-0.15, -0.1) is 0 Å². The number of aliphatic hydroxyl groups is 4. The molecule has 0 aromatic carbocycles. The van der Waals surface area contributed by atoms with Gasteiger partial charge in [0.2, 0.25) is 17.0 Å². The van der Waals surface area contributed by atoms with Crippen molar-refractivity contribution in [1.29, 1.82) is 0 Å². The highest BCUT2D eigenvalue weighted by Gasteiger charge is 2.68. The number of rotatable bonds is 9. The van der Waals surface area contributed by atoms with Crippen molar-refractivity contribution in [1.82, 2.24) is 0 Å². The van der Waals surface area contributed by atoms with Crippen LogP contribution in [0.1, 0.15) is 27.7 Å². The van der Waals surface area contributed by atoms with Gasteiger partial charge in [0.25, 0.3) is 0 Å². The molecule has 136 valence electrons. The largest absolute Gasteiger partial charge is 0.456 e. The Hall–Kier alpha value is -2.01. The van der Waals surface area contributed by atoms with Crippen molar-refractivity contribution in [3.8, 4) is 0 Å². The molecule has 0 saturated carbocycles. The first-order valence-electron chi connectivity index (χ1n) is 6.76. The topological polar surface area (TPSA) is 176 Å². The van der Waals surface area contributed by atoms with Crippen LogP contribution in [0.25, 0.3) is 0 Å². The molecule has 0 aliphatic carbocycles. The Kier molecular flexibility index (Phi) is 7.06. The van der Waals surface area contributed by atoms with Gasteiger partial charge >= 0.3 is 5.97 Å². The molecule has 0 aliphatic heterocycles. The van der Waals surface area contributed by atoms with E-state index in [1.807, 2.05) is 0 Å². The number of hydrogen-bond donors (Lipinski definition) is 4. The fourth-order valence-electron chi connectivity index (χ4n) is 2.23. The Balaban J connectivity index is 6.69. The standard InChI is InChI=1S/C14H20O10/c1-6(16)11(21)13(22,7(2)17)14(23,8(3)18)12(10(20)5-15)24-9(4)19/h10,12,15,20,22-23H,5H2,1-4H3/t10-,12+,13+,14+/m1/s1. The summed E-state index contributed by atoms with van der Waals surface area (Å²) in [6.07, 6.45) is -4.54. The lowest BCUT2D eigenvalue weighted by Crippen LogP contribution is -2.75. The molecule has 0 rings (SSSR count). The first-order chi connectivity index (χ1) is 10.8. The van der Waals surface area contributed by atoms with E-state index in [0.29, 0.717) is 20.8 Å². The van der Waals surface area contributed by atoms with Crippen molar-refractivity contribution in [2.24, 2.45) is 0 Å². The van der Waals surface area contributed by atoms with E-state index in [1.165, 1.54) is 0 Å². The van der Waals surface area contributed by atoms with Crippen molar-refractivity contribution in [2.75, 3.05) is 6.61 Å². The number of Topliss-reactive ketones (excluding diaryl/α,β-unsaturated/α-hetero) is 4. The average molecular weight is 348 g/mol. The summed E-state index contributed by atoms with van der Waals surface area (Å²) in [7, 11) is 0. The molecule has 0 aromatic heterocycles. The van der Waals surface area contributed by atoms with E-state index in [1.54, 1.807) is 0 Å². The summed E-state index contributed by atoms with van der Waals surface area (Å²) in [5, 5.41) is 39.9. The second-order valence-corrected chi connectivity index (χ2v) is 5.25. The number of hydrogen-bond acceptors (Lipinski definition) is 10. The highest BCUT2D eigenvalue weighted by atomic mass is 16.6. The van der Waals surface area contributed by atoms with Gasteiger partial charge < -0.3 is 25.2 Å². The molecule has 0 aromatic rings. The fourth-order valence-corrected chi connectivity index (χ4v) is 2.23. The van der Waals surface area contributed by atoms with Crippen LogP contribution >= 0.6 is 0 Å². The van der Waals surface area contributed by atoms with E-state index in [2.05, 4.69) is 4.74 Å². The summed E-state index contributed by atoms with van der Waals surface area (Å²) in [5.41, 5.74) is -7.13. The second kappa shape index (κ2) is 7.71. The lowest BCUT2D eigenvalue weighted by molar-refractivity contribution is -0.224. The van der Waals surface area contributed by atoms with Crippen LogP contribution in [-0.4, -0.2) is 79.5 Å². The third-order valence-electron chi connectivity index (χ3n) is 3.49. The van der Waals surface area contributed by atoms with Crippen LogP contribution in [-0.2, 0) is 28.7 Å². The summed E-state index contributed by atoms with van der Waals surface area (Å²) in [6, 6.07) is 0. The zero-order valence-electron chi connectivity index (χ0n) is 13.6. The molecule has 10 heteroatoms. The molecule has 0 fully saturated rings. The minimum Gasteiger partial charge on any atom is -0.456 e. The first kappa shape index (κ1) is 22.0. The lowest BCUT2D eigenvalue weighted by atomic mass is 9.69. The van der Waals surface area contributed by atoms with E-state index < -0.39 is 59.1 Å². The minimum atomic E-state index is -3.62. The summed E-state index contributed by atoms with van der Waals surface area (Å²) >= 11 is 0. The van der Waals surface area contributed by atoms with Crippen molar-refractivity contribution in [3.63, 3.8) is 0 Å². The Bertz CT molecular complexity index is 568. The number of aliphatic hydroxyl groups excluding tert-OH is 2. The van der Waals surface area contributed by atoms with Gasteiger partial charge in [-0.25, -0.2) is 0 Å². The Morgan fingerprint density at radius 2 is 1.42 bits per heavy atom. The van der Waals surface area contributed by atoms with Gasteiger partial charge in [0.15, 0.2) is 23.5 Å². The highest BCUT2D eigenvalue weighted by Crippen LogP contribution is 2.33. The van der Waals surface area contributed by atoms with Crippen LogP contribution in [0, 0.1) is 0 Å². The van der Waals surface area contributed by atoms with Crippen LogP contribution < -0.4 is 0 Å². The predicted molar refractivity (Wildman–Crippen MR) is 75.6 cm³/mol. The summed E-state index contributed by atoms with van der Waals surface area (Å²) in [4.78, 5) is 58.4. The number of esters is 1. The maximum absolute atomic E-state index is 12.0. The number of ketones is 4. The smallest absolute Gasteiger partial charge is 0.303 e. The van der Waals surface area contributed by atoms with Gasteiger partial charge in [0.1, 0.15) is 6.10 Å². The predicted octanol–water partition coefficient (Wildman–Crippen LogP) is -2.93. The van der Waals surface area contributed by atoms with Gasteiger partial charge in [-0.3, -0.25) is 24.0 Å². The third-order valence-corrected chi connectivity index (χ3v) is 3.49. The first-order valence-corrected chi connectivity index (χ1v) is 6.76. The van der Waals surface area contributed by atoms with Crippen LogP contribution in [0.2, 0.25) is 0 Å². The van der Waals surface area contributed by atoms with Crippen LogP contribution in [0.4, 0.5) is 0 Å². The van der Waals surface area contributed by atoms with Gasteiger partial charge in [-0.1, -0.05) is 0 Å². The highest BCUT2D eigenvalue weighted by molar-refractivity contribution is 6.45. The molecule has 4 atom stereocenters. The van der Waals surface area contributed by atoms with E-state index >= 15 is 0 Å². The Labute approximate surface area is 137 Å². The number of carbonyl (C=O) groups excluding carboxylic acids is 5. The lowest BCUT2D eigenvalue weighted by Gasteiger charge is -2.43. The van der Waals surface area contributed by atoms with E-state index in [4.69, 9.17) is 5.11 Å². The van der Waals surface area contributed by atoms with Crippen LogP contribution in [0.3, 0.4) is 0 Å². The summed E-state index contributed by atoms with van der Waals surface area (Å²) in [5.74, 6) is -7.31. The van der Waals surface area contributed by atoms with Crippen LogP contribution in [0.5, 0.6) is 0 Å². The van der Waals surface area contributed by atoms with E-state index in [-0.39, 0.29) is 0 Å². The molecule has 0 heterocycles. The van der Waals surface area contributed by atoms with Crippen LogP contribution in [0.15, 0.2) is 0 Å². The van der Waals surface area contributed by atoms with E-state index in [9.17, 15) is 39.3 Å². The van der Waals surface area contributed by atoms with Crippen molar-refractivity contribution >= 4 is 29.1 Å². The molecule has 0 saturated heterocycles. The molecule has 0 spiro atoms. The quantitative estimate of drug-likeness (QED) is 0.192. The van der Waals surface area contributed by atoms with Gasteiger partial charge in [0.05, 0.1) is 6.61 Å². The molecule has 10 nitrogen and oxygen atoms in total. The normalized spacial score (nSPS) is 18.5. The zero-order chi connectivity index (χ0) is 19.5.